The molecule has 2 rings (SSSR count). The van der Waals surface area contributed by atoms with Crippen LogP contribution in [0.5, 0.6) is 0 Å². The van der Waals surface area contributed by atoms with E-state index in [1.807, 2.05) is 29.5 Å². The van der Waals surface area contributed by atoms with Crippen LogP contribution in [0.2, 0.25) is 0 Å². The summed E-state index contributed by atoms with van der Waals surface area (Å²) < 4.78 is 1.23. The highest BCUT2D eigenvalue weighted by Gasteiger charge is 2.08. The van der Waals surface area contributed by atoms with Crippen molar-refractivity contribution in [2.24, 2.45) is 0 Å². The molecule has 17 heavy (non-hydrogen) atoms. The summed E-state index contributed by atoms with van der Waals surface area (Å²) >= 11 is 11.7. The standard InChI is InChI=1S/C14H14BrClS/c15-12-9-10-17-14(12)8-4-7-13(16)11-5-2-1-3-6-11/h1-3,5-6,9-10,13H,4,7-8H2. The van der Waals surface area contributed by atoms with Crippen molar-refractivity contribution in [3.63, 3.8) is 0 Å². The first-order valence-electron chi connectivity index (χ1n) is 5.68. The largest absolute Gasteiger partial charge is 0.148 e. The Kier molecular flexibility index (Phi) is 5.08. The normalized spacial score (nSPS) is 12.6. The van der Waals surface area contributed by atoms with Gasteiger partial charge in [-0.3, -0.25) is 0 Å². The van der Waals surface area contributed by atoms with E-state index in [0.29, 0.717) is 0 Å². The Labute approximate surface area is 120 Å². The Morgan fingerprint density at radius 1 is 1.18 bits per heavy atom. The first-order chi connectivity index (χ1) is 8.27. The lowest BCUT2D eigenvalue weighted by Crippen LogP contribution is -1.92. The number of thiophene rings is 1. The van der Waals surface area contributed by atoms with Gasteiger partial charge in [0.2, 0.25) is 0 Å². The molecule has 1 unspecified atom stereocenters. The van der Waals surface area contributed by atoms with Crippen molar-refractivity contribution < 1.29 is 0 Å². The van der Waals surface area contributed by atoms with Gasteiger partial charge in [-0.25, -0.2) is 0 Å². The molecule has 1 heterocycles. The summed E-state index contributed by atoms with van der Waals surface area (Å²) in [6.07, 6.45) is 3.26. The lowest BCUT2D eigenvalue weighted by atomic mass is 10.1. The summed E-state index contributed by atoms with van der Waals surface area (Å²) in [5, 5.41) is 2.25. The Morgan fingerprint density at radius 3 is 2.59 bits per heavy atom. The van der Waals surface area contributed by atoms with Crippen molar-refractivity contribution in [3.05, 3.63) is 56.7 Å². The van der Waals surface area contributed by atoms with Gasteiger partial charge in [0.1, 0.15) is 0 Å². The van der Waals surface area contributed by atoms with Crippen molar-refractivity contribution in [3.8, 4) is 0 Å². The van der Waals surface area contributed by atoms with E-state index < -0.39 is 0 Å². The monoisotopic (exact) mass is 328 g/mol. The number of halogens is 2. The lowest BCUT2D eigenvalue weighted by Gasteiger charge is -2.09. The molecule has 1 aromatic carbocycles. The third kappa shape index (κ3) is 3.84. The van der Waals surface area contributed by atoms with E-state index in [1.54, 1.807) is 0 Å². The molecule has 0 nitrogen and oxygen atoms in total. The first kappa shape index (κ1) is 13.1. The molecule has 3 heteroatoms. The van der Waals surface area contributed by atoms with Gasteiger partial charge in [0.25, 0.3) is 0 Å². The minimum absolute atomic E-state index is 0.134. The summed E-state index contributed by atoms with van der Waals surface area (Å²) in [5.41, 5.74) is 1.22. The smallest absolute Gasteiger partial charge is 0.0585 e. The van der Waals surface area contributed by atoms with Crippen molar-refractivity contribution >= 4 is 38.9 Å². The van der Waals surface area contributed by atoms with Gasteiger partial charge in [-0.15, -0.1) is 22.9 Å². The fourth-order valence-corrected chi connectivity index (χ4v) is 3.67. The molecule has 0 saturated heterocycles. The van der Waals surface area contributed by atoms with Crippen LogP contribution in [0.1, 0.15) is 28.7 Å². The summed E-state index contributed by atoms with van der Waals surface area (Å²) in [6, 6.07) is 12.4. The van der Waals surface area contributed by atoms with Crippen LogP contribution in [0.4, 0.5) is 0 Å². The molecule has 0 bridgehead atoms. The van der Waals surface area contributed by atoms with Crippen LogP contribution in [0.15, 0.2) is 46.3 Å². The fraction of sp³-hybridized carbons (Fsp3) is 0.286. The summed E-state index contributed by atoms with van der Waals surface area (Å²) in [6.45, 7) is 0. The second-order valence-electron chi connectivity index (χ2n) is 3.96. The number of benzene rings is 1. The number of aryl methyl sites for hydroxylation is 1. The van der Waals surface area contributed by atoms with Gasteiger partial charge >= 0.3 is 0 Å². The topological polar surface area (TPSA) is 0 Å². The Balaban J connectivity index is 1.81. The minimum atomic E-state index is 0.134. The summed E-state index contributed by atoms with van der Waals surface area (Å²) in [5.74, 6) is 0. The molecule has 1 aromatic heterocycles. The molecule has 0 fully saturated rings. The fourth-order valence-electron chi connectivity index (χ4n) is 1.77. The average Bonchev–Trinajstić information content (AvgIpc) is 2.76. The molecule has 0 saturated carbocycles. The Morgan fingerprint density at radius 2 is 1.94 bits per heavy atom. The molecule has 0 aliphatic rings. The zero-order chi connectivity index (χ0) is 12.1. The van der Waals surface area contributed by atoms with Crippen LogP contribution < -0.4 is 0 Å². The van der Waals surface area contributed by atoms with Crippen molar-refractivity contribution in [1.29, 1.82) is 0 Å². The highest BCUT2D eigenvalue weighted by atomic mass is 79.9. The maximum Gasteiger partial charge on any atom is 0.0585 e. The summed E-state index contributed by atoms with van der Waals surface area (Å²) in [4.78, 5) is 1.42. The van der Waals surface area contributed by atoms with Crippen LogP contribution in [0.3, 0.4) is 0 Å². The van der Waals surface area contributed by atoms with Crippen LogP contribution in [0.25, 0.3) is 0 Å². The second-order valence-corrected chi connectivity index (χ2v) is 6.34. The van der Waals surface area contributed by atoms with Crippen LogP contribution in [-0.4, -0.2) is 0 Å². The highest BCUT2D eigenvalue weighted by molar-refractivity contribution is 9.10. The maximum atomic E-state index is 6.38. The van der Waals surface area contributed by atoms with E-state index in [1.165, 1.54) is 14.9 Å². The van der Waals surface area contributed by atoms with Crippen LogP contribution >= 0.6 is 38.9 Å². The van der Waals surface area contributed by atoms with E-state index in [9.17, 15) is 0 Å². The van der Waals surface area contributed by atoms with Crippen molar-refractivity contribution in [1.82, 2.24) is 0 Å². The number of alkyl halides is 1. The number of hydrogen-bond donors (Lipinski definition) is 0. The van der Waals surface area contributed by atoms with Gasteiger partial charge in [0.15, 0.2) is 0 Å². The quantitative estimate of drug-likeness (QED) is 0.607. The number of hydrogen-bond acceptors (Lipinski definition) is 1. The molecule has 0 radical (unpaired) electrons. The SMILES string of the molecule is ClC(CCCc1sccc1Br)c1ccccc1. The first-order valence-corrected chi connectivity index (χ1v) is 7.79. The number of rotatable bonds is 5. The molecule has 0 N–H and O–H groups in total. The van der Waals surface area contributed by atoms with E-state index in [2.05, 4.69) is 39.5 Å². The molecular formula is C14H14BrClS. The van der Waals surface area contributed by atoms with Gasteiger partial charge < -0.3 is 0 Å². The third-order valence-electron chi connectivity index (χ3n) is 2.71. The zero-order valence-electron chi connectivity index (χ0n) is 9.40. The molecule has 0 aliphatic carbocycles. The summed E-state index contributed by atoms with van der Waals surface area (Å²) in [7, 11) is 0. The molecule has 0 aliphatic heterocycles. The molecule has 2 aromatic rings. The van der Waals surface area contributed by atoms with E-state index in [4.69, 9.17) is 11.6 Å². The van der Waals surface area contributed by atoms with Crippen LogP contribution in [-0.2, 0) is 6.42 Å². The highest BCUT2D eigenvalue weighted by Crippen LogP contribution is 2.29. The molecule has 0 amide bonds. The van der Waals surface area contributed by atoms with E-state index in [0.717, 1.165) is 19.3 Å². The maximum absolute atomic E-state index is 6.38. The van der Waals surface area contributed by atoms with E-state index >= 15 is 0 Å². The van der Waals surface area contributed by atoms with Gasteiger partial charge in [0, 0.05) is 9.35 Å². The zero-order valence-corrected chi connectivity index (χ0v) is 12.6. The lowest BCUT2D eigenvalue weighted by molar-refractivity contribution is 0.720. The second kappa shape index (κ2) is 6.58. The van der Waals surface area contributed by atoms with Gasteiger partial charge in [-0.2, -0.15) is 0 Å². The Bertz CT molecular complexity index is 452. The molecule has 1 atom stereocenters. The molecule has 0 spiro atoms. The predicted molar refractivity (Wildman–Crippen MR) is 80.0 cm³/mol. The average molecular weight is 330 g/mol. The van der Waals surface area contributed by atoms with Crippen molar-refractivity contribution in [2.75, 3.05) is 0 Å². The van der Waals surface area contributed by atoms with Gasteiger partial charge in [0.05, 0.1) is 5.38 Å². The van der Waals surface area contributed by atoms with Gasteiger partial charge in [-0.1, -0.05) is 30.3 Å². The predicted octanol–water partition coefficient (Wildman–Crippen LogP) is 5.81. The van der Waals surface area contributed by atoms with E-state index in [-0.39, 0.29) is 5.38 Å². The van der Waals surface area contributed by atoms with Gasteiger partial charge in [-0.05, 0) is 52.2 Å². The molecule has 90 valence electrons. The third-order valence-corrected chi connectivity index (χ3v) is 5.17. The van der Waals surface area contributed by atoms with Crippen molar-refractivity contribution in [2.45, 2.75) is 24.6 Å². The molecular weight excluding hydrogens is 316 g/mol. The Hall–Kier alpha value is -0.310. The van der Waals surface area contributed by atoms with Crippen LogP contribution in [0, 0.1) is 0 Å². The minimum Gasteiger partial charge on any atom is -0.148 e.